The van der Waals surface area contributed by atoms with Crippen molar-refractivity contribution in [2.45, 2.75) is 0 Å². The molecule has 90 valence electrons. The molecule has 18 heavy (non-hydrogen) atoms. The van der Waals surface area contributed by atoms with E-state index >= 15 is 0 Å². The van der Waals surface area contributed by atoms with Gasteiger partial charge in [0.1, 0.15) is 5.75 Å². The van der Waals surface area contributed by atoms with Gasteiger partial charge in [0.2, 0.25) is 5.91 Å². The number of phenols is 1. The zero-order valence-corrected chi connectivity index (χ0v) is 9.45. The maximum absolute atomic E-state index is 10.9. The lowest BCUT2D eigenvalue weighted by molar-refractivity contribution is 0.100. The molecule has 0 aliphatic carbocycles. The SMILES string of the molecule is NC(=O)c1ccc(/N=N/c2ccc(O)cc2)cc1. The summed E-state index contributed by atoms with van der Waals surface area (Å²) in [6.07, 6.45) is 0. The number of hydrogen-bond donors (Lipinski definition) is 2. The fourth-order valence-corrected chi connectivity index (χ4v) is 1.33. The minimum atomic E-state index is -0.475. The van der Waals surface area contributed by atoms with Crippen LogP contribution in [0.1, 0.15) is 10.4 Å². The second kappa shape index (κ2) is 5.09. The van der Waals surface area contributed by atoms with Gasteiger partial charge < -0.3 is 10.8 Å². The van der Waals surface area contributed by atoms with E-state index in [1.807, 2.05) is 0 Å². The molecule has 2 aromatic carbocycles. The molecule has 0 aliphatic rings. The molecule has 2 rings (SSSR count). The highest BCUT2D eigenvalue weighted by atomic mass is 16.3. The number of rotatable bonds is 3. The summed E-state index contributed by atoms with van der Waals surface area (Å²) in [6.45, 7) is 0. The maximum Gasteiger partial charge on any atom is 0.248 e. The summed E-state index contributed by atoms with van der Waals surface area (Å²) < 4.78 is 0. The van der Waals surface area contributed by atoms with E-state index in [2.05, 4.69) is 10.2 Å². The third-order valence-electron chi connectivity index (χ3n) is 2.28. The van der Waals surface area contributed by atoms with Crippen LogP contribution in [-0.2, 0) is 0 Å². The molecule has 0 aliphatic heterocycles. The fourth-order valence-electron chi connectivity index (χ4n) is 1.33. The van der Waals surface area contributed by atoms with Crippen molar-refractivity contribution in [3.63, 3.8) is 0 Å². The average molecular weight is 241 g/mol. The number of hydrogen-bond acceptors (Lipinski definition) is 4. The number of carbonyl (C=O) groups is 1. The Balaban J connectivity index is 2.13. The minimum absolute atomic E-state index is 0.180. The van der Waals surface area contributed by atoms with Gasteiger partial charge in [-0.05, 0) is 48.5 Å². The van der Waals surface area contributed by atoms with E-state index in [1.54, 1.807) is 36.4 Å². The number of azo groups is 1. The third kappa shape index (κ3) is 2.91. The Hall–Kier alpha value is -2.69. The van der Waals surface area contributed by atoms with Crippen LogP contribution in [0.5, 0.6) is 5.75 Å². The van der Waals surface area contributed by atoms with Crippen LogP contribution in [0, 0.1) is 0 Å². The van der Waals surface area contributed by atoms with Gasteiger partial charge in [0.25, 0.3) is 0 Å². The van der Waals surface area contributed by atoms with Gasteiger partial charge in [0, 0.05) is 5.56 Å². The number of carbonyl (C=O) groups excluding carboxylic acids is 1. The molecule has 0 atom stereocenters. The van der Waals surface area contributed by atoms with E-state index < -0.39 is 5.91 Å². The Morgan fingerprint density at radius 3 is 1.78 bits per heavy atom. The lowest BCUT2D eigenvalue weighted by Crippen LogP contribution is -2.10. The molecule has 2 aromatic rings. The highest BCUT2D eigenvalue weighted by Crippen LogP contribution is 2.20. The standard InChI is InChI=1S/C13H11N3O2/c14-13(18)9-1-3-10(4-2-9)15-16-11-5-7-12(17)8-6-11/h1-8,17H,(H2,14,18)/b16-15+. The van der Waals surface area contributed by atoms with Crippen LogP contribution in [0.15, 0.2) is 58.8 Å². The third-order valence-corrected chi connectivity index (χ3v) is 2.28. The van der Waals surface area contributed by atoms with E-state index in [4.69, 9.17) is 10.8 Å². The van der Waals surface area contributed by atoms with Crippen molar-refractivity contribution in [2.24, 2.45) is 16.0 Å². The zero-order valence-electron chi connectivity index (χ0n) is 9.45. The second-order valence-electron chi connectivity index (χ2n) is 3.63. The Kier molecular flexibility index (Phi) is 3.33. The topological polar surface area (TPSA) is 88.0 Å². The summed E-state index contributed by atoms with van der Waals surface area (Å²) in [5.41, 5.74) is 6.81. The van der Waals surface area contributed by atoms with Crippen molar-refractivity contribution < 1.29 is 9.90 Å². The van der Waals surface area contributed by atoms with Crippen molar-refractivity contribution >= 4 is 17.3 Å². The van der Waals surface area contributed by atoms with Gasteiger partial charge in [-0.2, -0.15) is 10.2 Å². The average Bonchev–Trinajstić information content (AvgIpc) is 2.38. The summed E-state index contributed by atoms with van der Waals surface area (Å²) in [7, 11) is 0. The van der Waals surface area contributed by atoms with E-state index in [9.17, 15) is 4.79 Å². The molecule has 0 fully saturated rings. The van der Waals surface area contributed by atoms with Crippen molar-refractivity contribution in [2.75, 3.05) is 0 Å². The summed E-state index contributed by atoms with van der Waals surface area (Å²) >= 11 is 0. The molecule has 0 unspecified atom stereocenters. The molecule has 0 saturated heterocycles. The molecule has 0 bridgehead atoms. The van der Waals surface area contributed by atoms with Gasteiger partial charge in [-0.15, -0.1) is 0 Å². The Morgan fingerprint density at radius 2 is 1.33 bits per heavy atom. The molecule has 5 nitrogen and oxygen atoms in total. The molecule has 5 heteroatoms. The lowest BCUT2D eigenvalue weighted by Gasteiger charge is -1.96. The number of nitrogens with two attached hydrogens (primary N) is 1. The smallest absolute Gasteiger partial charge is 0.248 e. The van der Waals surface area contributed by atoms with Crippen LogP contribution >= 0.6 is 0 Å². The minimum Gasteiger partial charge on any atom is -0.508 e. The number of primary amides is 1. The van der Waals surface area contributed by atoms with Gasteiger partial charge in [0.15, 0.2) is 0 Å². The monoisotopic (exact) mass is 241 g/mol. The Morgan fingerprint density at radius 1 is 0.889 bits per heavy atom. The van der Waals surface area contributed by atoms with Gasteiger partial charge >= 0.3 is 0 Å². The molecule has 0 saturated carbocycles. The molecule has 3 N–H and O–H groups in total. The zero-order chi connectivity index (χ0) is 13.0. The molecule has 0 heterocycles. The molecule has 0 radical (unpaired) electrons. The van der Waals surface area contributed by atoms with Crippen LogP contribution in [-0.4, -0.2) is 11.0 Å². The predicted octanol–water partition coefficient (Wildman–Crippen LogP) is 2.91. The van der Waals surface area contributed by atoms with Gasteiger partial charge in [-0.3, -0.25) is 4.79 Å². The van der Waals surface area contributed by atoms with Crippen LogP contribution in [0.3, 0.4) is 0 Å². The van der Waals surface area contributed by atoms with Crippen LogP contribution in [0.4, 0.5) is 11.4 Å². The largest absolute Gasteiger partial charge is 0.508 e. The predicted molar refractivity (Wildman–Crippen MR) is 67.2 cm³/mol. The molecule has 1 amide bonds. The van der Waals surface area contributed by atoms with Crippen molar-refractivity contribution in [1.29, 1.82) is 0 Å². The van der Waals surface area contributed by atoms with Crippen molar-refractivity contribution in [1.82, 2.24) is 0 Å². The Labute approximate surface area is 104 Å². The highest BCUT2D eigenvalue weighted by molar-refractivity contribution is 5.92. The molecular formula is C13H11N3O2. The molecule has 0 spiro atoms. The highest BCUT2D eigenvalue weighted by Gasteiger charge is 1.98. The first-order valence-electron chi connectivity index (χ1n) is 5.26. The Bertz CT molecular complexity index is 574. The number of amides is 1. The number of nitrogens with zero attached hydrogens (tertiary/aromatic N) is 2. The normalized spacial score (nSPS) is 10.7. The summed E-state index contributed by atoms with van der Waals surface area (Å²) in [4.78, 5) is 10.9. The number of benzene rings is 2. The summed E-state index contributed by atoms with van der Waals surface area (Å²) in [5.74, 6) is -0.295. The van der Waals surface area contributed by atoms with Gasteiger partial charge in [-0.25, -0.2) is 0 Å². The van der Waals surface area contributed by atoms with Crippen molar-refractivity contribution in [3.05, 3.63) is 54.1 Å². The summed E-state index contributed by atoms with van der Waals surface area (Å²) in [5, 5.41) is 17.1. The summed E-state index contributed by atoms with van der Waals surface area (Å²) in [6, 6.07) is 12.9. The van der Waals surface area contributed by atoms with Crippen LogP contribution in [0.25, 0.3) is 0 Å². The quantitative estimate of drug-likeness (QED) is 0.809. The van der Waals surface area contributed by atoms with Crippen LogP contribution in [0.2, 0.25) is 0 Å². The van der Waals surface area contributed by atoms with Gasteiger partial charge in [0.05, 0.1) is 11.4 Å². The second-order valence-corrected chi connectivity index (χ2v) is 3.63. The van der Waals surface area contributed by atoms with Crippen LogP contribution < -0.4 is 5.73 Å². The lowest BCUT2D eigenvalue weighted by atomic mass is 10.2. The van der Waals surface area contributed by atoms with E-state index in [0.29, 0.717) is 16.9 Å². The number of aromatic hydroxyl groups is 1. The molecule has 0 aromatic heterocycles. The van der Waals surface area contributed by atoms with E-state index in [-0.39, 0.29) is 5.75 Å². The van der Waals surface area contributed by atoms with E-state index in [0.717, 1.165) is 0 Å². The molecular weight excluding hydrogens is 230 g/mol. The number of phenolic OH excluding ortho intramolecular Hbond substituents is 1. The van der Waals surface area contributed by atoms with Crippen molar-refractivity contribution in [3.8, 4) is 5.75 Å². The first kappa shape index (κ1) is 11.8. The maximum atomic E-state index is 10.9. The first-order valence-corrected chi connectivity index (χ1v) is 5.26. The fraction of sp³-hybridized carbons (Fsp3) is 0. The first-order chi connectivity index (χ1) is 8.65. The van der Waals surface area contributed by atoms with Gasteiger partial charge in [-0.1, -0.05) is 0 Å². The van der Waals surface area contributed by atoms with E-state index in [1.165, 1.54) is 12.1 Å².